The van der Waals surface area contributed by atoms with Crippen molar-refractivity contribution in [2.75, 3.05) is 12.4 Å². The minimum atomic E-state index is -0.797. The van der Waals surface area contributed by atoms with Crippen LogP contribution in [-0.4, -0.2) is 21.7 Å². The first-order chi connectivity index (χ1) is 7.20. The van der Waals surface area contributed by atoms with Gasteiger partial charge in [-0.15, -0.1) is 0 Å². The molecule has 1 N–H and O–H groups in total. The van der Waals surface area contributed by atoms with E-state index in [1.807, 2.05) is 24.3 Å². The molecule has 15 heavy (non-hydrogen) atoms. The van der Waals surface area contributed by atoms with Crippen LogP contribution in [0.15, 0.2) is 35.7 Å². The van der Waals surface area contributed by atoms with Crippen LogP contribution >= 0.6 is 0 Å². The maximum absolute atomic E-state index is 11.5. The Labute approximate surface area is 93.1 Å². The van der Waals surface area contributed by atoms with Crippen LogP contribution in [0.25, 0.3) is 5.57 Å². The van der Waals surface area contributed by atoms with Gasteiger partial charge in [0, 0.05) is 17.3 Å². The summed E-state index contributed by atoms with van der Waals surface area (Å²) in [7, 11) is -0.797. The monoisotopic (exact) mass is 224 g/mol. The second-order valence-corrected chi connectivity index (χ2v) is 4.75. The van der Waals surface area contributed by atoms with Crippen molar-refractivity contribution in [1.29, 1.82) is 0 Å². The Morgan fingerprint density at radius 2 is 2.07 bits per heavy atom. The van der Waals surface area contributed by atoms with E-state index in [4.69, 9.17) is 5.11 Å². The van der Waals surface area contributed by atoms with Crippen LogP contribution in [-0.2, 0) is 10.8 Å². The largest absolute Gasteiger partial charge is 0.397 e. The van der Waals surface area contributed by atoms with Crippen LogP contribution in [0.3, 0.4) is 0 Å². The third-order valence-electron chi connectivity index (χ3n) is 2.10. The van der Waals surface area contributed by atoms with Gasteiger partial charge in [0.15, 0.2) is 0 Å². The number of benzene rings is 1. The summed E-state index contributed by atoms with van der Waals surface area (Å²) in [6.07, 6.45) is 0.865. The first-order valence-electron chi connectivity index (χ1n) is 4.97. The highest BCUT2D eigenvalue weighted by Gasteiger charge is 2.16. The lowest BCUT2D eigenvalue weighted by molar-refractivity contribution is 0.318. The van der Waals surface area contributed by atoms with E-state index in [0.29, 0.717) is 0 Å². The average Bonchev–Trinajstić information content (AvgIpc) is 2.25. The topological polar surface area (TPSA) is 37.3 Å². The molecule has 1 aliphatic rings. The molecule has 2 nitrogen and oxygen atoms in total. The first kappa shape index (κ1) is 12.1. The number of hydrogen-bond donors (Lipinski definition) is 1. The molecule has 0 aromatic heterocycles. The van der Waals surface area contributed by atoms with Crippen molar-refractivity contribution in [2.24, 2.45) is 0 Å². The fraction of sp³-hybridized carbons (Fsp3) is 0.333. The second-order valence-electron chi connectivity index (χ2n) is 3.22. The summed E-state index contributed by atoms with van der Waals surface area (Å²) in [4.78, 5) is 0.953. The van der Waals surface area contributed by atoms with Gasteiger partial charge in [-0.3, -0.25) is 4.21 Å². The van der Waals surface area contributed by atoms with Gasteiger partial charge in [0.1, 0.15) is 0 Å². The lowest BCUT2D eigenvalue weighted by atomic mass is 10.1. The third kappa shape index (κ3) is 3.01. The zero-order valence-corrected chi connectivity index (χ0v) is 9.72. The molecule has 0 aliphatic carbocycles. The van der Waals surface area contributed by atoms with E-state index < -0.39 is 10.8 Å². The molecule has 0 bridgehead atoms. The Kier molecular flexibility index (Phi) is 4.72. The van der Waals surface area contributed by atoms with Gasteiger partial charge in [0.25, 0.3) is 0 Å². The summed E-state index contributed by atoms with van der Waals surface area (Å²) in [6, 6.07) is 7.81. The van der Waals surface area contributed by atoms with Crippen molar-refractivity contribution in [3.05, 3.63) is 36.4 Å². The van der Waals surface area contributed by atoms with Crippen LogP contribution in [0.4, 0.5) is 0 Å². The molecular formula is C12H16O2S. The molecule has 82 valence electrons. The van der Waals surface area contributed by atoms with E-state index in [1.165, 1.54) is 0 Å². The van der Waals surface area contributed by atoms with E-state index >= 15 is 0 Å². The maximum Gasteiger partial charge on any atom is 0.0539 e. The van der Waals surface area contributed by atoms with Gasteiger partial charge < -0.3 is 5.11 Å². The van der Waals surface area contributed by atoms with E-state index in [2.05, 4.69) is 6.58 Å². The quantitative estimate of drug-likeness (QED) is 0.733. The Balaban J connectivity index is 0.000000337. The fourth-order valence-electron chi connectivity index (χ4n) is 1.42. The molecule has 0 spiro atoms. The molecule has 0 amide bonds. The van der Waals surface area contributed by atoms with Crippen molar-refractivity contribution in [3.63, 3.8) is 0 Å². The zero-order valence-electron chi connectivity index (χ0n) is 8.90. The summed E-state index contributed by atoms with van der Waals surface area (Å²) < 4.78 is 11.5. The molecule has 0 saturated heterocycles. The van der Waals surface area contributed by atoms with Crippen LogP contribution in [0.2, 0.25) is 0 Å². The molecule has 1 atom stereocenters. The van der Waals surface area contributed by atoms with Crippen molar-refractivity contribution in [2.45, 2.75) is 18.2 Å². The molecule has 0 fully saturated rings. The average molecular weight is 224 g/mol. The lowest BCUT2D eigenvalue weighted by Crippen LogP contribution is -2.08. The van der Waals surface area contributed by atoms with Crippen molar-refractivity contribution >= 4 is 16.4 Å². The Bertz CT molecular complexity index is 337. The van der Waals surface area contributed by atoms with Gasteiger partial charge in [-0.25, -0.2) is 0 Å². The standard InChI is InChI=1S/C10H10OS.C2H6O/c1-8-6-7-12(11)10-5-3-2-4-9(8)10;1-2-3/h2-5H,1,6-7H2;3H,2H2,1H3. The van der Waals surface area contributed by atoms with Gasteiger partial charge in [-0.1, -0.05) is 24.8 Å². The lowest BCUT2D eigenvalue weighted by Gasteiger charge is -2.16. The predicted molar refractivity (Wildman–Crippen MR) is 64.1 cm³/mol. The first-order valence-corrected chi connectivity index (χ1v) is 6.29. The Hall–Kier alpha value is -0.930. The van der Waals surface area contributed by atoms with Gasteiger partial charge in [0.05, 0.1) is 10.8 Å². The summed E-state index contributed by atoms with van der Waals surface area (Å²) in [5, 5.41) is 7.57. The summed E-state index contributed by atoms with van der Waals surface area (Å²) in [5.74, 6) is 0.732. The number of hydrogen-bond acceptors (Lipinski definition) is 2. The van der Waals surface area contributed by atoms with E-state index in [1.54, 1.807) is 6.92 Å². The Morgan fingerprint density at radius 3 is 2.67 bits per heavy atom. The summed E-state index contributed by atoms with van der Waals surface area (Å²) >= 11 is 0. The molecule has 0 radical (unpaired) electrons. The normalized spacial score (nSPS) is 18.8. The van der Waals surface area contributed by atoms with Gasteiger partial charge in [-0.2, -0.15) is 0 Å². The van der Waals surface area contributed by atoms with Crippen molar-refractivity contribution in [3.8, 4) is 0 Å². The number of rotatable bonds is 0. The molecular weight excluding hydrogens is 208 g/mol. The number of fused-ring (bicyclic) bond motifs is 1. The van der Waals surface area contributed by atoms with Crippen LogP contribution < -0.4 is 0 Å². The third-order valence-corrected chi connectivity index (χ3v) is 3.52. The van der Waals surface area contributed by atoms with Gasteiger partial charge in [-0.05, 0) is 30.5 Å². The van der Waals surface area contributed by atoms with Crippen LogP contribution in [0, 0.1) is 0 Å². The predicted octanol–water partition coefficient (Wildman–Crippen LogP) is 2.21. The number of aliphatic hydroxyl groups excluding tert-OH is 1. The van der Waals surface area contributed by atoms with E-state index in [0.717, 1.165) is 28.2 Å². The molecule has 1 aliphatic heterocycles. The summed E-state index contributed by atoms with van der Waals surface area (Å²) in [6.45, 7) is 5.89. The smallest absolute Gasteiger partial charge is 0.0539 e. The Morgan fingerprint density at radius 1 is 1.47 bits per heavy atom. The summed E-state index contributed by atoms with van der Waals surface area (Å²) in [5.41, 5.74) is 2.20. The molecule has 0 saturated carbocycles. The highest BCUT2D eigenvalue weighted by Crippen LogP contribution is 2.28. The molecule has 1 aromatic rings. The van der Waals surface area contributed by atoms with Crippen LogP contribution in [0.1, 0.15) is 18.9 Å². The van der Waals surface area contributed by atoms with E-state index in [-0.39, 0.29) is 6.61 Å². The van der Waals surface area contributed by atoms with Gasteiger partial charge >= 0.3 is 0 Å². The molecule has 3 heteroatoms. The minimum absolute atomic E-state index is 0.250. The highest BCUT2D eigenvalue weighted by molar-refractivity contribution is 7.85. The molecule has 1 heterocycles. The number of allylic oxidation sites excluding steroid dienone is 1. The van der Waals surface area contributed by atoms with Crippen LogP contribution in [0.5, 0.6) is 0 Å². The van der Waals surface area contributed by atoms with Gasteiger partial charge in [0.2, 0.25) is 0 Å². The van der Waals surface area contributed by atoms with Crippen molar-refractivity contribution in [1.82, 2.24) is 0 Å². The highest BCUT2D eigenvalue weighted by atomic mass is 32.2. The maximum atomic E-state index is 11.5. The minimum Gasteiger partial charge on any atom is -0.397 e. The molecule has 1 aromatic carbocycles. The fourth-order valence-corrected chi connectivity index (χ4v) is 2.76. The zero-order chi connectivity index (χ0) is 11.3. The molecule has 2 rings (SSSR count). The van der Waals surface area contributed by atoms with E-state index in [9.17, 15) is 4.21 Å². The van der Waals surface area contributed by atoms with Crippen molar-refractivity contribution < 1.29 is 9.32 Å². The SMILES string of the molecule is C=C1CCS(=O)c2ccccc21.CCO. The second kappa shape index (κ2) is 5.83. The molecule has 1 unspecified atom stereocenters. The number of aliphatic hydroxyl groups is 1.